The predicted molar refractivity (Wildman–Crippen MR) is 100 cm³/mol. The van der Waals surface area contributed by atoms with Gasteiger partial charge in [-0.1, -0.05) is 65.7 Å². The Bertz CT molecular complexity index is 199. The van der Waals surface area contributed by atoms with Crippen molar-refractivity contribution in [2.45, 2.75) is 98.4 Å². The van der Waals surface area contributed by atoms with E-state index < -0.39 is 6.10 Å². The van der Waals surface area contributed by atoms with Gasteiger partial charge in [-0.2, -0.15) is 0 Å². The van der Waals surface area contributed by atoms with Crippen molar-refractivity contribution in [1.29, 1.82) is 0 Å². The first kappa shape index (κ1) is 33.0. The minimum absolute atomic E-state index is 0. The first-order valence-electron chi connectivity index (χ1n) is 9.43. The Morgan fingerprint density at radius 2 is 1.12 bits per heavy atom. The monoisotopic (exact) mass is 376 g/mol. The van der Waals surface area contributed by atoms with Crippen molar-refractivity contribution < 1.29 is 25.5 Å². The van der Waals surface area contributed by atoms with E-state index in [0.717, 1.165) is 32.1 Å². The maximum atomic E-state index is 11.1. The first-order chi connectivity index (χ1) is 11.2. The third-order valence-electron chi connectivity index (χ3n) is 3.70. The number of rotatable bonds is 10. The Hall–Kier alpha value is 0.332. The molecule has 0 saturated heterocycles. The average Bonchev–Trinajstić information content (AvgIpc) is 2.50. The molecule has 6 heteroatoms. The van der Waals surface area contributed by atoms with E-state index in [2.05, 4.69) is 0 Å². The molecule has 0 aliphatic rings. The summed E-state index contributed by atoms with van der Waals surface area (Å²) in [6.07, 6.45) is 3.64. The van der Waals surface area contributed by atoms with Gasteiger partial charge in [0.2, 0.25) is 0 Å². The van der Waals surface area contributed by atoms with Crippen molar-refractivity contribution in [2.75, 3.05) is 13.2 Å². The number of hydrogen-bond donors (Lipinski definition) is 2. The van der Waals surface area contributed by atoms with Crippen molar-refractivity contribution in [2.24, 2.45) is 11.8 Å². The Kier molecular flexibility index (Phi) is 32.1. The number of aliphatic hydroxyl groups excluding tert-OH is 2. The molecule has 5 nitrogen and oxygen atoms in total. The molecule has 0 rings (SSSR count). The quantitative estimate of drug-likeness (QED) is 0.538. The Labute approximate surface area is 166 Å². The normalized spacial score (nSPS) is 14.9. The fraction of sp³-hybridized carbons (Fsp3) is 1.00. The summed E-state index contributed by atoms with van der Waals surface area (Å²) in [5.74, 6) is -0.167. The summed E-state index contributed by atoms with van der Waals surface area (Å²) in [7, 11) is 0. The molecular formula is C19H41AlO5. The van der Waals surface area contributed by atoms with E-state index in [1.165, 1.54) is 0 Å². The van der Waals surface area contributed by atoms with Gasteiger partial charge in [0.15, 0.2) is 0 Å². The van der Waals surface area contributed by atoms with E-state index in [1.807, 2.05) is 27.7 Å². The number of aliphatic hydroxyl groups is 2. The van der Waals surface area contributed by atoms with Gasteiger partial charge in [-0.25, -0.2) is 0 Å². The predicted octanol–water partition coefficient (Wildman–Crippen LogP) is 0.442. The topological polar surface area (TPSA) is 110 Å². The molecule has 0 bridgehead atoms. The van der Waals surface area contributed by atoms with Gasteiger partial charge in [-0.05, 0) is 26.2 Å². The van der Waals surface area contributed by atoms with Crippen LogP contribution in [-0.4, -0.2) is 59.1 Å². The third kappa shape index (κ3) is 24.3. The van der Waals surface area contributed by atoms with E-state index in [-0.39, 0.29) is 54.6 Å². The van der Waals surface area contributed by atoms with Gasteiger partial charge in [0.1, 0.15) is 0 Å². The third-order valence-corrected chi connectivity index (χ3v) is 3.70. The standard InChI is InChI=1S/C8H17O2.C8H16O2.C3H8O.Al/c2*1-3-5-8(10)7(4-2)6-9;1-3(2)4;/h7-8,10H,3-6H2,1-2H3;7-8H,3-6H2,1-2H3;3-4H,1-2H3;/q-1;-2;;+3. The van der Waals surface area contributed by atoms with Crippen LogP contribution >= 0.6 is 0 Å². The van der Waals surface area contributed by atoms with Gasteiger partial charge in [-0.3, -0.25) is 0 Å². The molecule has 0 amide bonds. The molecule has 0 aliphatic carbocycles. The Morgan fingerprint density at radius 1 is 0.760 bits per heavy atom. The summed E-state index contributed by atoms with van der Waals surface area (Å²) in [4.78, 5) is 0. The average molecular weight is 377 g/mol. The molecule has 0 aromatic heterocycles. The molecule has 0 fully saturated rings. The fourth-order valence-corrected chi connectivity index (χ4v) is 2.04. The molecule has 0 aliphatic heterocycles. The van der Waals surface area contributed by atoms with Crippen LogP contribution in [0.25, 0.3) is 0 Å². The van der Waals surface area contributed by atoms with Gasteiger partial charge in [0, 0.05) is 6.10 Å². The van der Waals surface area contributed by atoms with Crippen LogP contribution in [0.5, 0.6) is 0 Å². The van der Waals surface area contributed by atoms with E-state index in [1.54, 1.807) is 13.8 Å². The maximum absolute atomic E-state index is 11.1. The second-order valence-corrected chi connectivity index (χ2v) is 6.45. The summed E-state index contributed by atoms with van der Waals surface area (Å²) < 4.78 is 0. The summed E-state index contributed by atoms with van der Waals surface area (Å²) >= 11 is 0. The van der Waals surface area contributed by atoms with Crippen LogP contribution < -0.4 is 15.3 Å². The molecule has 0 aromatic rings. The molecule has 150 valence electrons. The second-order valence-electron chi connectivity index (χ2n) is 6.45. The molecule has 2 N–H and O–H groups in total. The minimum Gasteiger partial charge on any atom is -0.854 e. The zero-order valence-electron chi connectivity index (χ0n) is 17.2. The molecule has 0 spiro atoms. The van der Waals surface area contributed by atoms with Crippen molar-refractivity contribution in [1.82, 2.24) is 0 Å². The van der Waals surface area contributed by atoms with Crippen LogP contribution in [0.15, 0.2) is 0 Å². The summed E-state index contributed by atoms with van der Waals surface area (Å²) in [5, 5.41) is 49.2. The Morgan fingerprint density at radius 3 is 1.36 bits per heavy atom. The van der Waals surface area contributed by atoms with Crippen molar-refractivity contribution in [3.05, 3.63) is 0 Å². The van der Waals surface area contributed by atoms with Crippen LogP contribution in [0.1, 0.15) is 80.1 Å². The van der Waals surface area contributed by atoms with E-state index in [4.69, 9.17) is 5.11 Å². The molecule has 0 radical (unpaired) electrons. The van der Waals surface area contributed by atoms with Crippen molar-refractivity contribution in [3.8, 4) is 0 Å². The molecule has 0 heterocycles. The second kappa shape index (κ2) is 24.3. The van der Waals surface area contributed by atoms with Gasteiger partial charge in [0.25, 0.3) is 0 Å². The SMILES string of the molecule is CC(C)O.CCCC(O)C(CC)C[O-].CCCC([O-])C(CC)C[O-].[Al+3]. The van der Waals surface area contributed by atoms with Crippen molar-refractivity contribution >= 4 is 17.4 Å². The molecule has 4 atom stereocenters. The van der Waals surface area contributed by atoms with Gasteiger partial charge in [0.05, 0.1) is 6.10 Å². The van der Waals surface area contributed by atoms with Crippen LogP contribution in [0.3, 0.4) is 0 Å². The van der Waals surface area contributed by atoms with E-state index in [9.17, 15) is 20.4 Å². The minimum atomic E-state index is -0.618. The maximum Gasteiger partial charge on any atom is 3.00 e. The molecule has 25 heavy (non-hydrogen) atoms. The van der Waals surface area contributed by atoms with Gasteiger partial charge < -0.3 is 25.5 Å². The zero-order valence-corrected chi connectivity index (χ0v) is 18.4. The zero-order chi connectivity index (χ0) is 19.5. The molecule has 0 saturated carbocycles. The number of hydrogen-bond acceptors (Lipinski definition) is 5. The smallest absolute Gasteiger partial charge is 0.854 e. The molecular weight excluding hydrogens is 335 g/mol. The summed E-state index contributed by atoms with van der Waals surface area (Å²) in [6.45, 7) is 10.9. The molecule has 4 unspecified atom stereocenters. The van der Waals surface area contributed by atoms with Crippen molar-refractivity contribution in [3.63, 3.8) is 0 Å². The van der Waals surface area contributed by atoms with Crippen LogP contribution in [0.4, 0.5) is 0 Å². The van der Waals surface area contributed by atoms with E-state index >= 15 is 0 Å². The van der Waals surface area contributed by atoms with Gasteiger partial charge in [-0.15, -0.1) is 19.3 Å². The summed E-state index contributed by atoms with van der Waals surface area (Å²) in [5.41, 5.74) is 0. The first-order valence-corrected chi connectivity index (χ1v) is 9.43. The fourth-order valence-electron chi connectivity index (χ4n) is 2.04. The molecule has 0 aromatic carbocycles. The Balaban J connectivity index is -0.000000141. The van der Waals surface area contributed by atoms with E-state index in [0.29, 0.717) is 6.42 Å². The largest absolute Gasteiger partial charge is 3.00 e. The van der Waals surface area contributed by atoms with Crippen LogP contribution in [0.2, 0.25) is 0 Å². The van der Waals surface area contributed by atoms with Crippen LogP contribution in [0, 0.1) is 11.8 Å². The van der Waals surface area contributed by atoms with Gasteiger partial charge >= 0.3 is 17.4 Å². The summed E-state index contributed by atoms with van der Waals surface area (Å²) in [6, 6.07) is 0. The van der Waals surface area contributed by atoms with Crippen LogP contribution in [-0.2, 0) is 0 Å².